The van der Waals surface area contributed by atoms with E-state index in [1.165, 1.54) is 0 Å². The highest BCUT2D eigenvalue weighted by molar-refractivity contribution is 7.88. The molecule has 0 bridgehead atoms. The monoisotopic (exact) mass is 369 g/mol. The fourth-order valence-electron chi connectivity index (χ4n) is 2.33. The summed E-state index contributed by atoms with van der Waals surface area (Å²) < 4.78 is 54.7. The van der Waals surface area contributed by atoms with Gasteiger partial charge in [0.2, 0.25) is 10.0 Å². The van der Waals surface area contributed by atoms with Crippen molar-refractivity contribution in [1.29, 1.82) is 0 Å². The van der Waals surface area contributed by atoms with Crippen LogP contribution in [0, 0.1) is 0 Å². The van der Waals surface area contributed by atoms with E-state index >= 15 is 0 Å². The van der Waals surface area contributed by atoms with Crippen molar-refractivity contribution in [1.82, 2.24) is 4.72 Å². The Morgan fingerprint density at radius 2 is 1.25 bits per heavy atom. The summed E-state index contributed by atoms with van der Waals surface area (Å²) in [5.41, 5.74) is 1.15. The van der Waals surface area contributed by atoms with Gasteiger partial charge in [0.05, 0.1) is 18.6 Å². The Kier molecular flexibility index (Phi) is 5.76. The standard InChI is InChI=1S/C16H19NO5S2/c1-23(18,19)17-15(13-9-5-3-6-10-13)16(22-24(2,20)21)14-11-7-4-8-12-14/h3-12,15-17H,1-2H3/t15-,16+/m0/s1. The van der Waals surface area contributed by atoms with Crippen molar-refractivity contribution < 1.29 is 21.0 Å². The molecule has 0 heterocycles. The summed E-state index contributed by atoms with van der Waals surface area (Å²) in [6.45, 7) is 0. The van der Waals surface area contributed by atoms with Gasteiger partial charge in [0.25, 0.3) is 10.1 Å². The van der Waals surface area contributed by atoms with Crippen molar-refractivity contribution in [2.75, 3.05) is 12.5 Å². The Morgan fingerprint density at radius 3 is 1.67 bits per heavy atom. The molecule has 0 radical (unpaired) electrons. The van der Waals surface area contributed by atoms with E-state index in [2.05, 4.69) is 4.72 Å². The van der Waals surface area contributed by atoms with E-state index in [0.29, 0.717) is 11.1 Å². The lowest BCUT2D eigenvalue weighted by atomic mass is 9.97. The zero-order valence-electron chi connectivity index (χ0n) is 13.3. The van der Waals surface area contributed by atoms with Crippen molar-refractivity contribution in [3.63, 3.8) is 0 Å². The molecule has 8 heteroatoms. The lowest BCUT2D eigenvalue weighted by Crippen LogP contribution is -2.33. The minimum Gasteiger partial charge on any atom is -0.260 e. The molecule has 2 aromatic carbocycles. The van der Waals surface area contributed by atoms with E-state index in [4.69, 9.17) is 4.18 Å². The first-order valence-electron chi connectivity index (χ1n) is 7.11. The van der Waals surface area contributed by atoms with Crippen LogP contribution in [0.3, 0.4) is 0 Å². The van der Waals surface area contributed by atoms with Crippen molar-refractivity contribution >= 4 is 20.1 Å². The molecule has 0 amide bonds. The normalized spacial score (nSPS) is 14.9. The van der Waals surface area contributed by atoms with E-state index in [1.807, 2.05) is 0 Å². The maximum atomic E-state index is 11.8. The van der Waals surface area contributed by atoms with Gasteiger partial charge in [0.15, 0.2) is 0 Å². The predicted molar refractivity (Wildman–Crippen MR) is 92.3 cm³/mol. The first-order chi connectivity index (χ1) is 11.2. The maximum absolute atomic E-state index is 11.8. The smallest absolute Gasteiger partial charge is 0.260 e. The number of sulfonamides is 1. The molecule has 2 aromatic rings. The van der Waals surface area contributed by atoms with Gasteiger partial charge in [-0.1, -0.05) is 60.7 Å². The molecule has 24 heavy (non-hydrogen) atoms. The van der Waals surface area contributed by atoms with E-state index in [-0.39, 0.29) is 0 Å². The summed E-state index contributed by atoms with van der Waals surface area (Å²) in [6, 6.07) is 16.4. The van der Waals surface area contributed by atoms with Gasteiger partial charge in [-0.05, 0) is 11.1 Å². The second kappa shape index (κ2) is 7.43. The summed E-state index contributed by atoms with van der Waals surface area (Å²) in [7, 11) is -7.42. The third-order valence-electron chi connectivity index (χ3n) is 3.21. The SMILES string of the molecule is CS(=O)(=O)N[C@@H](c1ccccc1)[C@H](OS(C)(=O)=O)c1ccccc1. The van der Waals surface area contributed by atoms with Gasteiger partial charge >= 0.3 is 0 Å². The van der Waals surface area contributed by atoms with Gasteiger partial charge < -0.3 is 0 Å². The quantitative estimate of drug-likeness (QED) is 0.754. The van der Waals surface area contributed by atoms with Crippen LogP contribution in [-0.2, 0) is 24.3 Å². The number of hydrogen-bond donors (Lipinski definition) is 1. The third kappa shape index (κ3) is 5.72. The molecular weight excluding hydrogens is 350 g/mol. The highest BCUT2D eigenvalue weighted by Gasteiger charge is 2.31. The molecule has 0 saturated heterocycles. The van der Waals surface area contributed by atoms with Crippen LogP contribution in [0.1, 0.15) is 23.3 Å². The molecule has 2 rings (SSSR count). The maximum Gasteiger partial charge on any atom is 0.265 e. The number of hydrogen-bond acceptors (Lipinski definition) is 5. The molecule has 0 fully saturated rings. The Balaban J connectivity index is 2.55. The van der Waals surface area contributed by atoms with Crippen molar-refractivity contribution in [3.05, 3.63) is 71.8 Å². The van der Waals surface area contributed by atoms with Gasteiger partial charge in [-0.15, -0.1) is 0 Å². The molecule has 0 spiro atoms. The van der Waals surface area contributed by atoms with Crippen LogP contribution in [0.4, 0.5) is 0 Å². The molecule has 130 valence electrons. The molecule has 0 saturated carbocycles. The molecule has 2 atom stereocenters. The number of nitrogens with one attached hydrogen (secondary N) is 1. The largest absolute Gasteiger partial charge is 0.265 e. The molecular formula is C16H19NO5S2. The molecule has 0 unspecified atom stereocenters. The molecule has 0 aliphatic heterocycles. The lowest BCUT2D eigenvalue weighted by Gasteiger charge is -2.27. The zero-order chi connectivity index (χ0) is 17.8. The minimum atomic E-state index is -3.81. The van der Waals surface area contributed by atoms with Gasteiger partial charge in [-0.3, -0.25) is 4.18 Å². The Morgan fingerprint density at radius 1 is 0.792 bits per heavy atom. The van der Waals surface area contributed by atoms with Crippen LogP contribution in [0.25, 0.3) is 0 Å². The topological polar surface area (TPSA) is 89.5 Å². The van der Waals surface area contributed by atoms with Gasteiger partial charge in [0.1, 0.15) is 6.10 Å². The predicted octanol–water partition coefficient (Wildman–Crippen LogP) is 1.99. The van der Waals surface area contributed by atoms with E-state index in [1.54, 1.807) is 60.7 Å². The first kappa shape index (κ1) is 18.6. The van der Waals surface area contributed by atoms with Crippen LogP contribution >= 0.6 is 0 Å². The second-order valence-corrected chi connectivity index (χ2v) is 8.79. The van der Waals surface area contributed by atoms with Crippen LogP contribution in [-0.4, -0.2) is 29.3 Å². The lowest BCUT2D eigenvalue weighted by molar-refractivity contribution is 0.176. The van der Waals surface area contributed by atoms with Gasteiger partial charge in [-0.2, -0.15) is 8.42 Å². The number of rotatable bonds is 7. The van der Waals surface area contributed by atoms with Crippen LogP contribution < -0.4 is 4.72 Å². The third-order valence-corrected chi connectivity index (χ3v) is 4.45. The van der Waals surface area contributed by atoms with Gasteiger partial charge in [0, 0.05) is 0 Å². The van der Waals surface area contributed by atoms with Crippen LogP contribution in [0.2, 0.25) is 0 Å². The highest BCUT2D eigenvalue weighted by atomic mass is 32.2. The fraction of sp³-hybridized carbons (Fsp3) is 0.250. The molecule has 6 nitrogen and oxygen atoms in total. The average molecular weight is 369 g/mol. The summed E-state index contributed by atoms with van der Waals surface area (Å²) >= 11 is 0. The van der Waals surface area contributed by atoms with Crippen molar-refractivity contribution in [2.45, 2.75) is 12.1 Å². The Hall–Kier alpha value is -1.74. The summed E-state index contributed by atoms with van der Waals surface area (Å²) in [4.78, 5) is 0. The average Bonchev–Trinajstić information content (AvgIpc) is 2.50. The van der Waals surface area contributed by atoms with Crippen LogP contribution in [0.5, 0.6) is 0 Å². The summed E-state index contributed by atoms with van der Waals surface area (Å²) in [5, 5.41) is 0. The minimum absolute atomic E-state index is 0.549. The van der Waals surface area contributed by atoms with E-state index < -0.39 is 32.3 Å². The fourth-order valence-corrected chi connectivity index (χ4v) is 3.65. The summed E-state index contributed by atoms with van der Waals surface area (Å²) in [5.74, 6) is 0. The summed E-state index contributed by atoms with van der Waals surface area (Å²) in [6.07, 6.45) is 0.926. The Bertz CT molecular complexity index is 790. The van der Waals surface area contributed by atoms with Crippen molar-refractivity contribution in [2.24, 2.45) is 0 Å². The van der Waals surface area contributed by atoms with Crippen LogP contribution in [0.15, 0.2) is 60.7 Å². The Labute approximate surface area is 142 Å². The first-order valence-corrected chi connectivity index (χ1v) is 10.8. The van der Waals surface area contributed by atoms with Crippen molar-refractivity contribution in [3.8, 4) is 0 Å². The number of benzene rings is 2. The molecule has 0 aliphatic carbocycles. The molecule has 0 aromatic heterocycles. The molecule has 0 aliphatic rings. The van der Waals surface area contributed by atoms with E-state index in [9.17, 15) is 16.8 Å². The highest BCUT2D eigenvalue weighted by Crippen LogP contribution is 2.33. The van der Waals surface area contributed by atoms with E-state index in [0.717, 1.165) is 12.5 Å². The zero-order valence-corrected chi connectivity index (χ0v) is 14.9. The molecule has 1 N–H and O–H groups in total. The van der Waals surface area contributed by atoms with Gasteiger partial charge in [-0.25, -0.2) is 13.1 Å². The second-order valence-electron chi connectivity index (χ2n) is 5.41.